The summed E-state index contributed by atoms with van der Waals surface area (Å²) in [5, 5.41) is 2.34. The predicted octanol–water partition coefficient (Wildman–Crippen LogP) is 2.45. The van der Waals surface area contributed by atoms with Crippen molar-refractivity contribution in [1.29, 1.82) is 0 Å². The van der Waals surface area contributed by atoms with Crippen LogP contribution in [0.5, 0.6) is 0 Å². The molecule has 78 valence electrons. The highest BCUT2D eigenvalue weighted by molar-refractivity contribution is 5.28. The van der Waals surface area contributed by atoms with Gasteiger partial charge in [-0.3, -0.25) is 0 Å². The molecule has 1 aromatic rings. The van der Waals surface area contributed by atoms with Gasteiger partial charge in [0.05, 0.1) is 12.1 Å². The number of hydrogen-bond donors (Lipinski definition) is 1. The number of rotatable bonds is 3. The van der Waals surface area contributed by atoms with Crippen molar-refractivity contribution in [2.24, 2.45) is 0 Å². The first-order valence-corrected chi connectivity index (χ1v) is 4.27. The molecule has 0 bridgehead atoms. The number of benzene rings is 1. The minimum atomic E-state index is -3.16. The first-order valence-electron chi connectivity index (χ1n) is 4.27. The molecule has 0 aliphatic carbocycles. The van der Waals surface area contributed by atoms with Gasteiger partial charge in [-0.25, -0.2) is 4.39 Å². The van der Waals surface area contributed by atoms with Crippen LogP contribution in [0.1, 0.15) is 11.1 Å². The Bertz CT molecular complexity index is 323. The summed E-state index contributed by atoms with van der Waals surface area (Å²) in [6.45, 7) is 0.904. The second-order valence-electron chi connectivity index (χ2n) is 3.17. The molecule has 1 aromatic carbocycles. The lowest BCUT2D eigenvalue weighted by Crippen LogP contribution is -2.29. The average molecular weight is 203 g/mol. The third-order valence-corrected chi connectivity index (χ3v) is 1.98. The summed E-state index contributed by atoms with van der Waals surface area (Å²) >= 11 is 0. The van der Waals surface area contributed by atoms with Crippen molar-refractivity contribution in [2.75, 3.05) is 13.6 Å². The largest absolute Gasteiger partial charge is 0.314 e. The molecule has 1 N–H and O–H groups in total. The summed E-state index contributed by atoms with van der Waals surface area (Å²) in [5.41, 5.74) is -0.315. The van der Waals surface area contributed by atoms with E-state index in [9.17, 15) is 13.2 Å². The van der Waals surface area contributed by atoms with E-state index < -0.39 is 23.8 Å². The third-order valence-electron chi connectivity index (χ3n) is 1.98. The van der Waals surface area contributed by atoms with Crippen molar-refractivity contribution in [3.8, 4) is 0 Å². The topological polar surface area (TPSA) is 12.0 Å². The maximum absolute atomic E-state index is 13.3. The van der Waals surface area contributed by atoms with E-state index in [1.54, 1.807) is 0 Å². The normalized spacial score (nSPS) is 11.8. The fraction of sp³-hybridized carbons (Fsp3) is 0.400. The van der Waals surface area contributed by atoms with Crippen LogP contribution in [-0.4, -0.2) is 13.6 Å². The summed E-state index contributed by atoms with van der Waals surface area (Å²) in [4.78, 5) is 0. The first-order chi connectivity index (χ1) is 6.49. The lowest BCUT2D eigenvalue weighted by atomic mass is 10.0. The standard InChI is InChI=1S/C10H12F3N/c1-7-4-3-5-8(9(7)11)10(12,13)6-14-2/h3-5,14H,6H2,1-2H3. The van der Waals surface area contributed by atoms with E-state index >= 15 is 0 Å². The van der Waals surface area contributed by atoms with E-state index in [2.05, 4.69) is 5.32 Å². The molecule has 0 amide bonds. The molecule has 0 saturated carbocycles. The Morgan fingerprint density at radius 2 is 2.00 bits per heavy atom. The van der Waals surface area contributed by atoms with Gasteiger partial charge < -0.3 is 5.32 Å². The minimum Gasteiger partial charge on any atom is -0.314 e. The summed E-state index contributed by atoms with van der Waals surface area (Å²) < 4.78 is 39.9. The Hall–Kier alpha value is -1.03. The molecule has 0 radical (unpaired) electrons. The van der Waals surface area contributed by atoms with Gasteiger partial charge in [0.2, 0.25) is 0 Å². The van der Waals surface area contributed by atoms with Crippen LogP contribution in [0.3, 0.4) is 0 Å². The molecule has 4 heteroatoms. The van der Waals surface area contributed by atoms with Gasteiger partial charge in [-0.15, -0.1) is 0 Å². The van der Waals surface area contributed by atoms with Gasteiger partial charge in [-0.1, -0.05) is 18.2 Å². The van der Waals surface area contributed by atoms with E-state index in [1.165, 1.54) is 26.1 Å². The Morgan fingerprint density at radius 3 is 2.57 bits per heavy atom. The maximum Gasteiger partial charge on any atom is 0.288 e. The molecule has 0 heterocycles. The maximum atomic E-state index is 13.3. The van der Waals surface area contributed by atoms with Crippen LogP contribution in [0.2, 0.25) is 0 Å². The summed E-state index contributed by atoms with van der Waals surface area (Å²) in [6.07, 6.45) is 0. The van der Waals surface area contributed by atoms with Crippen molar-refractivity contribution >= 4 is 0 Å². The molecule has 14 heavy (non-hydrogen) atoms. The number of likely N-dealkylation sites (N-methyl/N-ethyl adjacent to an activating group) is 1. The molecule has 0 spiro atoms. The van der Waals surface area contributed by atoms with Crippen molar-refractivity contribution in [2.45, 2.75) is 12.8 Å². The van der Waals surface area contributed by atoms with Crippen LogP contribution in [0, 0.1) is 12.7 Å². The fourth-order valence-electron chi connectivity index (χ4n) is 1.25. The van der Waals surface area contributed by atoms with E-state index in [4.69, 9.17) is 0 Å². The smallest absolute Gasteiger partial charge is 0.288 e. The number of halogens is 3. The van der Waals surface area contributed by atoms with Crippen molar-refractivity contribution in [1.82, 2.24) is 5.32 Å². The lowest BCUT2D eigenvalue weighted by molar-refractivity contribution is -0.00481. The summed E-state index contributed by atoms with van der Waals surface area (Å²) in [7, 11) is 1.40. The number of hydrogen-bond acceptors (Lipinski definition) is 1. The van der Waals surface area contributed by atoms with Crippen LogP contribution >= 0.6 is 0 Å². The number of alkyl halides is 2. The molecule has 0 aliphatic heterocycles. The van der Waals surface area contributed by atoms with E-state index in [0.717, 1.165) is 6.07 Å². The SMILES string of the molecule is CNCC(F)(F)c1cccc(C)c1F. The number of aryl methyl sites for hydroxylation is 1. The van der Waals surface area contributed by atoms with E-state index in [1.807, 2.05) is 0 Å². The van der Waals surface area contributed by atoms with Gasteiger partial charge in [0.15, 0.2) is 0 Å². The molecule has 0 aliphatic rings. The highest BCUT2D eigenvalue weighted by Gasteiger charge is 2.33. The molecule has 1 rings (SSSR count). The van der Waals surface area contributed by atoms with Crippen LogP contribution in [0.15, 0.2) is 18.2 Å². The highest BCUT2D eigenvalue weighted by Crippen LogP contribution is 2.30. The Labute approximate surface area is 80.9 Å². The van der Waals surface area contributed by atoms with Gasteiger partial charge in [0.1, 0.15) is 5.82 Å². The first kappa shape index (κ1) is 11.0. The monoisotopic (exact) mass is 203 g/mol. The molecule has 0 aromatic heterocycles. The zero-order chi connectivity index (χ0) is 10.8. The van der Waals surface area contributed by atoms with Crippen molar-refractivity contribution < 1.29 is 13.2 Å². The Balaban J connectivity index is 3.12. The van der Waals surface area contributed by atoms with Crippen LogP contribution in [0.25, 0.3) is 0 Å². The third kappa shape index (κ3) is 2.07. The molecular weight excluding hydrogens is 191 g/mol. The minimum absolute atomic E-state index is 0.235. The molecule has 0 saturated heterocycles. The second kappa shape index (κ2) is 4.00. The van der Waals surface area contributed by atoms with Gasteiger partial charge in [0, 0.05) is 0 Å². The zero-order valence-electron chi connectivity index (χ0n) is 8.07. The molecular formula is C10H12F3N. The zero-order valence-corrected chi connectivity index (χ0v) is 8.07. The summed E-state index contributed by atoms with van der Waals surface area (Å²) in [6, 6.07) is 4.01. The van der Waals surface area contributed by atoms with E-state index in [-0.39, 0.29) is 5.56 Å². The molecule has 1 nitrogen and oxygen atoms in total. The lowest BCUT2D eigenvalue weighted by Gasteiger charge is -2.17. The summed E-state index contributed by atoms with van der Waals surface area (Å²) in [5.74, 6) is -3.99. The fourth-order valence-corrected chi connectivity index (χ4v) is 1.25. The predicted molar refractivity (Wildman–Crippen MR) is 49.0 cm³/mol. The molecule has 0 unspecified atom stereocenters. The molecule has 0 atom stereocenters. The van der Waals surface area contributed by atoms with Crippen molar-refractivity contribution in [3.63, 3.8) is 0 Å². The van der Waals surface area contributed by atoms with E-state index in [0.29, 0.717) is 0 Å². The average Bonchev–Trinajstić information content (AvgIpc) is 2.09. The van der Waals surface area contributed by atoms with Crippen LogP contribution in [0.4, 0.5) is 13.2 Å². The van der Waals surface area contributed by atoms with Gasteiger partial charge in [0.25, 0.3) is 5.92 Å². The Morgan fingerprint density at radius 1 is 1.36 bits per heavy atom. The Kier molecular flexibility index (Phi) is 3.16. The van der Waals surface area contributed by atoms with Crippen LogP contribution in [-0.2, 0) is 5.92 Å². The second-order valence-corrected chi connectivity index (χ2v) is 3.17. The van der Waals surface area contributed by atoms with Gasteiger partial charge >= 0.3 is 0 Å². The molecule has 0 fully saturated rings. The quantitative estimate of drug-likeness (QED) is 0.795. The van der Waals surface area contributed by atoms with Crippen LogP contribution < -0.4 is 5.32 Å². The van der Waals surface area contributed by atoms with Gasteiger partial charge in [-0.05, 0) is 19.5 Å². The highest BCUT2D eigenvalue weighted by atomic mass is 19.3. The van der Waals surface area contributed by atoms with Crippen molar-refractivity contribution in [3.05, 3.63) is 35.1 Å². The van der Waals surface area contributed by atoms with Gasteiger partial charge in [-0.2, -0.15) is 8.78 Å². The number of nitrogens with one attached hydrogen (secondary N) is 1.